The Hall–Kier alpha value is -2.93. The molecule has 0 saturated carbocycles. The Morgan fingerprint density at radius 3 is 2.55 bits per heavy atom. The molecule has 1 N–H and O–H groups in total. The molecule has 3 fully saturated rings. The molecule has 0 bridgehead atoms. The van der Waals surface area contributed by atoms with Crippen LogP contribution in [0.15, 0.2) is 48.8 Å². The smallest absolute Gasteiger partial charge is 0.321 e. The van der Waals surface area contributed by atoms with E-state index in [4.69, 9.17) is 0 Å². The number of hydrogen-bond donors (Lipinski definition) is 1. The first kappa shape index (κ1) is 21.9. The van der Waals surface area contributed by atoms with Crippen LogP contribution in [0, 0.1) is 11.8 Å². The van der Waals surface area contributed by atoms with Crippen LogP contribution in [0.1, 0.15) is 30.9 Å². The third-order valence-corrected chi connectivity index (χ3v) is 8.06. The normalized spacial score (nSPS) is 24.4. The lowest BCUT2D eigenvalue weighted by atomic mass is 9.75. The first-order valence-corrected chi connectivity index (χ1v) is 12.0. The number of nitrogens with one attached hydrogen (secondary N) is 1. The Balaban J connectivity index is 1.23. The maximum absolute atomic E-state index is 13.2. The molecule has 7 nitrogen and oxygen atoms in total. The predicted molar refractivity (Wildman–Crippen MR) is 128 cm³/mol. The molecule has 3 saturated heterocycles. The fraction of sp³-hybridized carbons (Fsp3) is 0.500. The van der Waals surface area contributed by atoms with E-state index in [9.17, 15) is 9.59 Å². The maximum Gasteiger partial charge on any atom is 0.321 e. The molecule has 1 aromatic heterocycles. The highest BCUT2D eigenvalue weighted by molar-refractivity contribution is 5.89. The molecule has 2 aromatic rings. The van der Waals surface area contributed by atoms with Crippen molar-refractivity contribution in [2.45, 2.75) is 38.3 Å². The van der Waals surface area contributed by atoms with Gasteiger partial charge in [0, 0.05) is 63.8 Å². The van der Waals surface area contributed by atoms with Crippen molar-refractivity contribution in [3.8, 4) is 0 Å². The number of rotatable bonds is 4. The molecule has 1 aromatic carbocycles. The monoisotopic (exact) mass is 447 g/mol. The number of carbonyl (C=O) groups is 2. The number of urea groups is 1. The van der Waals surface area contributed by atoms with Crippen molar-refractivity contribution in [2.75, 3.05) is 38.5 Å². The van der Waals surface area contributed by atoms with Gasteiger partial charge < -0.3 is 15.1 Å². The van der Waals surface area contributed by atoms with E-state index in [0.29, 0.717) is 19.0 Å². The Morgan fingerprint density at radius 2 is 1.88 bits per heavy atom. The number of carbonyl (C=O) groups excluding carboxylic acids is 2. The van der Waals surface area contributed by atoms with Gasteiger partial charge in [-0.3, -0.25) is 14.7 Å². The van der Waals surface area contributed by atoms with Crippen LogP contribution in [0.2, 0.25) is 0 Å². The second-order valence-corrected chi connectivity index (χ2v) is 9.74. The lowest BCUT2D eigenvalue weighted by Gasteiger charge is -2.46. The van der Waals surface area contributed by atoms with E-state index in [0.717, 1.165) is 44.6 Å². The SMILES string of the molecule is CCc1ccc(NC(=O)N2CCC3(CC2)[C@H]2CN(Cc4cccnc4)C[C@H]2C(=O)N3C)cc1. The number of pyridine rings is 1. The van der Waals surface area contributed by atoms with Gasteiger partial charge in [-0.15, -0.1) is 0 Å². The third kappa shape index (κ3) is 3.99. The van der Waals surface area contributed by atoms with E-state index >= 15 is 0 Å². The average Bonchev–Trinajstić information content (AvgIpc) is 3.34. The molecule has 3 aliphatic heterocycles. The van der Waals surface area contributed by atoms with Crippen molar-refractivity contribution in [1.82, 2.24) is 19.7 Å². The zero-order valence-corrected chi connectivity index (χ0v) is 19.5. The first-order valence-electron chi connectivity index (χ1n) is 12.0. The van der Waals surface area contributed by atoms with Gasteiger partial charge in [-0.1, -0.05) is 25.1 Å². The summed E-state index contributed by atoms with van der Waals surface area (Å²) in [6, 6.07) is 12.0. The van der Waals surface area contributed by atoms with Crippen molar-refractivity contribution in [3.63, 3.8) is 0 Å². The molecule has 0 radical (unpaired) electrons. The van der Waals surface area contributed by atoms with Crippen molar-refractivity contribution in [3.05, 3.63) is 59.9 Å². The van der Waals surface area contributed by atoms with Crippen LogP contribution < -0.4 is 5.32 Å². The molecular weight excluding hydrogens is 414 g/mol. The molecule has 4 heterocycles. The van der Waals surface area contributed by atoms with Gasteiger partial charge in [0.25, 0.3) is 0 Å². The number of hydrogen-bond acceptors (Lipinski definition) is 4. The number of amides is 3. The number of aromatic nitrogens is 1. The summed E-state index contributed by atoms with van der Waals surface area (Å²) in [4.78, 5) is 36.6. The number of anilines is 1. The molecule has 1 spiro atoms. The summed E-state index contributed by atoms with van der Waals surface area (Å²) in [5.74, 6) is 0.644. The summed E-state index contributed by atoms with van der Waals surface area (Å²) in [5.41, 5.74) is 3.12. The fourth-order valence-electron chi connectivity index (χ4n) is 6.11. The summed E-state index contributed by atoms with van der Waals surface area (Å²) in [7, 11) is 1.97. The summed E-state index contributed by atoms with van der Waals surface area (Å²) in [5, 5.41) is 3.03. The minimum Gasteiger partial charge on any atom is -0.339 e. The standard InChI is InChI=1S/C26H33N5O2/c1-3-19-6-8-21(9-7-19)28-25(33)31-13-10-26(11-14-31)23-18-30(16-20-5-4-12-27-15-20)17-22(23)24(32)29(26)2/h4-9,12,15,22-23H,3,10-11,13-14,16-18H2,1-2H3,(H,28,33)/t22-,23+/m1/s1. The lowest BCUT2D eigenvalue weighted by molar-refractivity contribution is -0.133. The summed E-state index contributed by atoms with van der Waals surface area (Å²) in [6.45, 7) is 6.02. The van der Waals surface area contributed by atoms with Crippen LogP contribution >= 0.6 is 0 Å². The summed E-state index contributed by atoms with van der Waals surface area (Å²) < 4.78 is 0. The Kier molecular flexibility index (Phi) is 5.83. The average molecular weight is 448 g/mol. The highest BCUT2D eigenvalue weighted by Gasteiger charge is 2.60. The quantitative estimate of drug-likeness (QED) is 0.781. The number of piperidine rings is 1. The molecule has 7 heteroatoms. The second-order valence-electron chi connectivity index (χ2n) is 9.74. The van der Waals surface area contributed by atoms with Gasteiger partial charge >= 0.3 is 6.03 Å². The van der Waals surface area contributed by atoms with Crippen LogP contribution in [0.5, 0.6) is 0 Å². The highest BCUT2D eigenvalue weighted by Crippen LogP contribution is 2.49. The van der Waals surface area contributed by atoms with Crippen molar-refractivity contribution in [1.29, 1.82) is 0 Å². The van der Waals surface area contributed by atoms with Crippen LogP contribution in [0.25, 0.3) is 0 Å². The number of aryl methyl sites for hydroxylation is 1. The minimum atomic E-state index is -0.148. The zero-order valence-electron chi connectivity index (χ0n) is 19.5. The third-order valence-electron chi connectivity index (χ3n) is 8.06. The van der Waals surface area contributed by atoms with Gasteiger partial charge in [-0.25, -0.2) is 4.79 Å². The number of benzene rings is 1. The van der Waals surface area contributed by atoms with Gasteiger partial charge in [0.1, 0.15) is 0 Å². The largest absolute Gasteiger partial charge is 0.339 e. The van der Waals surface area contributed by atoms with Gasteiger partial charge in [-0.05, 0) is 48.6 Å². The molecule has 0 unspecified atom stereocenters. The zero-order chi connectivity index (χ0) is 23.0. The van der Waals surface area contributed by atoms with Crippen molar-refractivity contribution >= 4 is 17.6 Å². The van der Waals surface area contributed by atoms with Gasteiger partial charge in [0.15, 0.2) is 0 Å². The summed E-state index contributed by atoms with van der Waals surface area (Å²) >= 11 is 0. The van der Waals surface area contributed by atoms with E-state index in [-0.39, 0.29) is 23.4 Å². The van der Waals surface area contributed by atoms with Gasteiger partial charge in [-0.2, -0.15) is 0 Å². The fourth-order valence-corrected chi connectivity index (χ4v) is 6.11. The lowest BCUT2D eigenvalue weighted by Crippen LogP contribution is -2.57. The number of fused-ring (bicyclic) bond motifs is 2. The number of likely N-dealkylation sites (tertiary alicyclic amines) is 3. The van der Waals surface area contributed by atoms with E-state index < -0.39 is 0 Å². The molecule has 5 rings (SSSR count). The van der Waals surface area contributed by atoms with Crippen LogP contribution in [-0.4, -0.2) is 70.4 Å². The molecule has 3 aliphatic rings. The van der Waals surface area contributed by atoms with Crippen molar-refractivity contribution in [2.24, 2.45) is 11.8 Å². The van der Waals surface area contributed by atoms with E-state index in [1.165, 1.54) is 11.1 Å². The Morgan fingerprint density at radius 1 is 1.12 bits per heavy atom. The van der Waals surface area contributed by atoms with Gasteiger partial charge in [0.05, 0.1) is 11.5 Å². The minimum absolute atomic E-state index is 0.0535. The maximum atomic E-state index is 13.2. The highest BCUT2D eigenvalue weighted by atomic mass is 16.2. The van der Waals surface area contributed by atoms with Crippen LogP contribution in [-0.2, 0) is 17.8 Å². The molecule has 33 heavy (non-hydrogen) atoms. The molecule has 3 amide bonds. The van der Waals surface area contributed by atoms with Crippen LogP contribution in [0.4, 0.5) is 10.5 Å². The Bertz CT molecular complexity index is 1000. The number of nitrogens with zero attached hydrogens (tertiary/aromatic N) is 4. The van der Waals surface area contributed by atoms with E-state index in [1.54, 1.807) is 6.20 Å². The Labute approximate surface area is 195 Å². The second kappa shape index (κ2) is 8.78. The summed E-state index contributed by atoms with van der Waals surface area (Å²) in [6.07, 6.45) is 6.35. The van der Waals surface area contributed by atoms with Crippen molar-refractivity contribution < 1.29 is 9.59 Å². The van der Waals surface area contributed by atoms with E-state index in [1.807, 2.05) is 41.2 Å². The topological polar surface area (TPSA) is 68.8 Å². The molecule has 2 atom stereocenters. The van der Waals surface area contributed by atoms with E-state index in [2.05, 4.69) is 40.3 Å². The van der Waals surface area contributed by atoms with Crippen LogP contribution in [0.3, 0.4) is 0 Å². The predicted octanol–water partition coefficient (Wildman–Crippen LogP) is 3.23. The first-order chi connectivity index (χ1) is 16.0. The van der Waals surface area contributed by atoms with Gasteiger partial charge in [0.2, 0.25) is 5.91 Å². The molecule has 0 aliphatic carbocycles. The molecule has 174 valence electrons. The molecular formula is C26H33N5O2.